The van der Waals surface area contributed by atoms with Crippen LogP contribution in [0.3, 0.4) is 0 Å². The van der Waals surface area contributed by atoms with Crippen molar-refractivity contribution >= 4 is 0 Å². The van der Waals surface area contributed by atoms with Gasteiger partial charge in [0.15, 0.2) is 0 Å². The smallest absolute Gasteiger partial charge is 0.261 e. The molecule has 1 atom stereocenters. The maximum Gasteiger partial charge on any atom is 0.261 e. The fourth-order valence-corrected chi connectivity index (χ4v) is 0.814. The molecule has 0 aliphatic heterocycles. The summed E-state index contributed by atoms with van der Waals surface area (Å²) in [5, 5.41) is 3.82. The Hall–Kier alpha value is -0.970. The Morgan fingerprint density at radius 2 is 2.25 bits per heavy atom. The highest BCUT2D eigenvalue weighted by Crippen LogP contribution is 2.22. The van der Waals surface area contributed by atoms with E-state index in [9.17, 15) is 8.78 Å². The minimum absolute atomic E-state index is 0.208. The lowest BCUT2D eigenvalue weighted by Crippen LogP contribution is -2.41. The zero-order chi connectivity index (χ0) is 9.35. The van der Waals surface area contributed by atoms with Crippen LogP contribution < -0.4 is 5.73 Å². The number of rotatable bonds is 2. The van der Waals surface area contributed by atoms with E-state index in [0.717, 1.165) is 0 Å². The van der Waals surface area contributed by atoms with Crippen molar-refractivity contribution in [3.63, 3.8) is 0 Å². The van der Waals surface area contributed by atoms with Crippen molar-refractivity contribution in [3.8, 4) is 0 Å². The third-order valence-electron chi connectivity index (χ3n) is 1.72. The number of hydrogen-bond acceptors (Lipinski definition) is 2. The van der Waals surface area contributed by atoms with E-state index in [1.165, 1.54) is 17.7 Å². The summed E-state index contributed by atoms with van der Waals surface area (Å²) in [7, 11) is 1.66. The molecule has 5 heteroatoms. The number of alkyl halides is 2. The maximum atomic E-state index is 12.3. The van der Waals surface area contributed by atoms with Crippen molar-refractivity contribution in [2.45, 2.75) is 18.9 Å². The lowest BCUT2D eigenvalue weighted by Gasteiger charge is -2.20. The Morgan fingerprint density at radius 3 is 2.58 bits per heavy atom. The molecule has 68 valence electrons. The average molecular weight is 175 g/mol. The summed E-state index contributed by atoms with van der Waals surface area (Å²) in [5.41, 5.74) is 3.93. The monoisotopic (exact) mass is 175 g/mol. The Labute approximate surface area is 69.2 Å². The predicted molar refractivity (Wildman–Crippen MR) is 40.8 cm³/mol. The quantitative estimate of drug-likeness (QED) is 0.724. The second kappa shape index (κ2) is 2.82. The van der Waals surface area contributed by atoms with Gasteiger partial charge in [0.1, 0.15) is 5.54 Å². The summed E-state index contributed by atoms with van der Waals surface area (Å²) in [6.07, 6.45) is -1.02. The zero-order valence-corrected chi connectivity index (χ0v) is 6.96. The van der Waals surface area contributed by atoms with Crippen LogP contribution in [-0.4, -0.2) is 16.2 Å². The molecule has 0 saturated heterocycles. The van der Waals surface area contributed by atoms with Crippen LogP contribution in [0.15, 0.2) is 12.3 Å². The van der Waals surface area contributed by atoms with E-state index in [-0.39, 0.29) is 5.69 Å². The second-order valence-electron chi connectivity index (χ2n) is 2.96. The van der Waals surface area contributed by atoms with Crippen LogP contribution >= 0.6 is 0 Å². The van der Waals surface area contributed by atoms with E-state index in [1.807, 2.05) is 0 Å². The highest BCUT2D eigenvalue weighted by molar-refractivity contribution is 5.12. The number of nitrogens with two attached hydrogens (primary N) is 1. The molecule has 0 aliphatic rings. The normalized spacial score (nSPS) is 16.5. The number of halogens is 2. The molecule has 3 nitrogen and oxygen atoms in total. The van der Waals surface area contributed by atoms with Crippen molar-refractivity contribution in [1.82, 2.24) is 9.78 Å². The van der Waals surface area contributed by atoms with Gasteiger partial charge in [-0.15, -0.1) is 0 Å². The van der Waals surface area contributed by atoms with Crippen molar-refractivity contribution in [2.24, 2.45) is 12.8 Å². The minimum Gasteiger partial charge on any atom is -0.316 e. The van der Waals surface area contributed by atoms with E-state index < -0.39 is 12.0 Å². The third-order valence-corrected chi connectivity index (χ3v) is 1.72. The van der Waals surface area contributed by atoms with Crippen LogP contribution in [0.25, 0.3) is 0 Å². The van der Waals surface area contributed by atoms with Crippen LogP contribution in [-0.2, 0) is 12.6 Å². The van der Waals surface area contributed by atoms with Gasteiger partial charge in [-0.25, -0.2) is 8.78 Å². The van der Waals surface area contributed by atoms with Crippen molar-refractivity contribution in [1.29, 1.82) is 0 Å². The van der Waals surface area contributed by atoms with Crippen molar-refractivity contribution in [2.75, 3.05) is 0 Å². The molecule has 1 aromatic rings. The van der Waals surface area contributed by atoms with Crippen molar-refractivity contribution in [3.05, 3.63) is 18.0 Å². The van der Waals surface area contributed by atoms with E-state index in [1.54, 1.807) is 13.2 Å². The molecule has 2 N–H and O–H groups in total. The highest BCUT2D eigenvalue weighted by Gasteiger charge is 2.34. The molecule has 1 aromatic heterocycles. The van der Waals surface area contributed by atoms with E-state index in [0.29, 0.717) is 0 Å². The van der Waals surface area contributed by atoms with Gasteiger partial charge in [-0.05, 0) is 13.0 Å². The lowest BCUT2D eigenvalue weighted by atomic mass is 10.0. The average Bonchev–Trinajstić information content (AvgIpc) is 2.35. The lowest BCUT2D eigenvalue weighted by molar-refractivity contribution is 0.0599. The zero-order valence-electron chi connectivity index (χ0n) is 6.96. The number of aromatic nitrogens is 2. The molecular weight excluding hydrogens is 164 g/mol. The Morgan fingerprint density at radius 1 is 1.67 bits per heavy atom. The van der Waals surface area contributed by atoms with Gasteiger partial charge in [-0.3, -0.25) is 4.68 Å². The first-order chi connectivity index (χ1) is 5.44. The fraction of sp³-hybridized carbons (Fsp3) is 0.571. The Bertz CT molecular complexity index is 267. The third kappa shape index (κ3) is 1.45. The predicted octanol–water partition coefficient (Wildman–Crippen LogP) is 0.859. The van der Waals surface area contributed by atoms with Crippen LogP contribution in [0.5, 0.6) is 0 Å². The molecule has 12 heavy (non-hydrogen) atoms. The number of hydrogen-bond donors (Lipinski definition) is 1. The van der Waals surface area contributed by atoms with Gasteiger partial charge in [0, 0.05) is 13.2 Å². The summed E-state index contributed by atoms with van der Waals surface area (Å²) < 4.78 is 26.1. The standard InChI is InChI=1S/C7H11F2N3/c1-7(10,6(8)9)5-3-4-12(2)11-5/h3-4,6H,10H2,1-2H3. The molecule has 0 bridgehead atoms. The number of aryl methyl sites for hydroxylation is 1. The molecule has 0 amide bonds. The Kier molecular flexibility index (Phi) is 2.14. The van der Waals surface area contributed by atoms with Gasteiger partial charge < -0.3 is 5.73 Å². The van der Waals surface area contributed by atoms with Crippen molar-refractivity contribution < 1.29 is 8.78 Å². The van der Waals surface area contributed by atoms with Gasteiger partial charge in [0.05, 0.1) is 5.69 Å². The van der Waals surface area contributed by atoms with E-state index in [4.69, 9.17) is 5.73 Å². The van der Waals surface area contributed by atoms with Gasteiger partial charge >= 0.3 is 0 Å². The van der Waals surface area contributed by atoms with Gasteiger partial charge in [-0.2, -0.15) is 5.10 Å². The second-order valence-corrected chi connectivity index (χ2v) is 2.96. The van der Waals surface area contributed by atoms with Crippen LogP contribution in [0.4, 0.5) is 8.78 Å². The van der Waals surface area contributed by atoms with E-state index >= 15 is 0 Å². The van der Waals surface area contributed by atoms with E-state index in [2.05, 4.69) is 5.10 Å². The molecule has 1 heterocycles. The SMILES string of the molecule is Cn1ccc(C(C)(N)C(F)F)n1. The molecule has 0 aromatic carbocycles. The molecule has 0 radical (unpaired) electrons. The van der Waals surface area contributed by atoms with Crippen LogP contribution in [0.1, 0.15) is 12.6 Å². The Balaban J connectivity index is 2.97. The van der Waals surface area contributed by atoms with Gasteiger partial charge in [-0.1, -0.05) is 0 Å². The minimum atomic E-state index is -2.60. The molecule has 1 rings (SSSR count). The number of nitrogens with zero attached hydrogens (tertiary/aromatic N) is 2. The topological polar surface area (TPSA) is 43.8 Å². The van der Waals surface area contributed by atoms with Gasteiger partial charge in [0.25, 0.3) is 6.43 Å². The highest BCUT2D eigenvalue weighted by atomic mass is 19.3. The summed E-state index contributed by atoms with van der Waals surface area (Å²) in [5.74, 6) is 0. The molecule has 0 fully saturated rings. The summed E-state index contributed by atoms with van der Waals surface area (Å²) in [6, 6.07) is 1.49. The summed E-state index contributed by atoms with van der Waals surface area (Å²) in [6.45, 7) is 1.26. The van der Waals surface area contributed by atoms with Crippen LogP contribution in [0, 0.1) is 0 Å². The first-order valence-corrected chi connectivity index (χ1v) is 3.51. The molecule has 0 aliphatic carbocycles. The molecule has 0 saturated carbocycles. The molecular formula is C7H11F2N3. The largest absolute Gasteiger partial charge is 0.316 e. The first kappa shape index (κ1) is 9.12. The van der Waals surface area contributed by atoms with Gasteiger partial charge in [0.2, 0.25) is 0 Å². The first-order valence-electron chi connectivity index (χ1n) is 3.51. The fourth-order valence-electron chi connectivity index (χ4n) is 0.814. The molecule has 1 unspecified atom stereocenters. The maximum absolute atomic E-state index is 12.3. The molecule has 0 spiro atoms. The summed E-state index contributed by atoms with van der Waals surface area (Å²) >= 11 is 0. The summed E-state index contributed by atoms with van der Waals surface area (Å²) in [4.78, 5) is 0. The van der Waals surface area contributed by atoms with Crippen LogP contribution in [0.2, 0.25) is 0 Å².